The Bertz CT molecular complexity index is 4460. The molecule has 134 heavy (non-hydrogen) atoms. The molecule has 6 heterocycles. The van der Waals surface area contributed by atoms with Crippen LogP contribution in [0.15, 0.2) is 120 Å². The second kappa shape index (κ2) is 51.8. The van der Waals surface area contributed by atoms with Crippen LogP contribution in [0.3, 0.4) is 0 Å². The summed E-state index contributed by atoms with van der Waals surface area (Å²) in [5.74, 6) is -18.9. The number of aromatic carboxylic acids is 2. The van der Waals surface area contributed by atoms with Crippen LogP contribution in [0.5, 0.6) is 0 Å². The van der Waals surface area contributed by atoms with E-state index >= 15 is 0 Å². The minimum absolute atomic E-state index is 0.00385. The van der Waals surface area contributed by atoms with E-state index < -0.39 is 180 Å². The van der Waals surface area contributed by atoms with Crippen molar-refractivity contribution in [2.45, 2.75) is 307 Å². The third kappa shape index (κ3) is 29.1. The van der Waals surface area contributed by atoms with Crippen LogP contribution in [0.1, 0.15) is 242 Å². The molecular weight excluding hydrogens is 1730 g/mol. The number of allylic oxidation sites excluding steroid dienone is 8. The molecule has 0 aromatic heterocycles. The maximum atomic E-state index is 14.5. The number of nitrogens with zero attached hydrogens (tertiary/aromatic N) is 2. The summed E-state index contributed by atoms with van der Waals surface area (Å²) >= 11 is 0. The van der Waals surface area contributed by atoms with Crippen molar-refractivity contribution in [1.29, 1.82) is 0 Å². The number of aliphatic hydroxyl groups excluding tert-OH is 6. The number of methoxy groups -OCH3 is 4. The Kier molecular flexibility index (Phi) is 42.9. The van der Waals surface area contributed by atoms with Gasteiger partial charge in [0.15, 0.2) is 0 Å². The van der Waals surface area contributed by atoms with E-state index in [1.165, 1.54) is 45.5 Å². The summed E-state index contributed by atoms with van der Waals surface area (Å²) in [5, 5.41) is 106. The fraction of sp³-hybridized carbons (Fsp3) is 0.654. The van der Waals surface area contributed by atoms with E-state index in [1.54, 1.807) is 90.1 Å². The van der Waals surface area contributed by atoms with E-state index in [1.807, 2.05) is 64.2 Å². The molecule has 2 aliphatic carbocycles. The summed E-state index contributed by atoms with van der Waals surface area (Å²) in [5.41, 5.74) is 5.18. The predicted molar refractivity (Wildman–Crippen MR) is 500 cm³/mol. The van der Waals surface area contributed by atoms with Crippen molar-refractivity contribution >= 4 is 71.0 Å². The van der Waals surface area contributed by atoms with Crippen molar-refractivity contribution in [2.75, 3.05) is 54.7 Å². The number of esters is 2. The Balaban J connectivity index is 0.000000297. The van der Waals surface area contributed by atoms with Crippen molar-refractivity contribution in [3.8, 4) is 0 Å². The van der Waals surface area contributed by atoms with Gasteiger partial charge in [0.1, 0.15) is 48.1 Å². The number of carbonyl (C=O) groups excluding carboxylic acids is 8. The number of benzene rings is 2. The zero-order chi connectivity index (χ0) is 98.9. The second-order valence-corrected chi connectivity index (χ2v) is 39.1. The minimum atomic E-state index is -2.56. The quantitative estimate of drug-likeness (QED) is 0.0376. The van der Waals surface area contributed by atoms with Gasteiger partial charge in [0.2, 0.25) is 11.6 Å². The first-order chi connectivity index (χ1) is 63.5. The zero-order valence-electron chi connectivity index (χ0n) is 80.8. The van der Waals surface area contributed by atoms with Gasteiger partial charge in [0, 0.05) is 115 Å². The van der Waals surface area contributed by atoms with Gasteiger partial charge in [-0.2, -0.15) is 0 Å². The molecule has 10 rings (SSSR count). The monoisotopic (exact) mass is 1880 g/mol. The van der Waals surface area contributed by atoms with Crippen LogP contribution < -0.4 is 0 Å². The van der Waals surface area contributed by atoms with Gasteiger partial charge in [0.05, 0.1) is 60.0 Å². The maximum Gasteiger partial charge on any atom is 0.335 e. The van der Waals surface area contributed by atoms with Crippen LogP contribution in [-0.2, 0) is 76.3 Å². The highest BCUT2D eigenvalue weighted by molar-refractivity contribution is 6.39. The highest BCUT2D eigenvalue weighted by Crippen LogP contribution is 2.44. The third-order valence-electron chi connectivity index (χ3n) is 28.8. The van der Waals surface area contributed by atoms with Crippen molar-refractivity contribution in [3.05, 3.63) is 143 Å². The van der Waals surface area contributed by atoms with Gasteiger partial charge in [-0.05, 0) is 226 Å². The fourth-order valence-electron chi connectivity index (χ4n) is 20.7. The van der Waals surface area contributed by atoms with Crippen molar-refractivity contribution in [1.82, 2.24) is 9.80 Å². The number of hydrogen-bond donors (Lipinski definition) is 10. The van der Waals surface area contributed by atoms with E-state index in [0.717, 1.165) is 27.2 Å². The van der Waals surface area contributed by atoms with E-state index in [2.05, 4.69) is 13.2 Å². The average molecular weight is 1880 g/mol. The summed E-state index contributed by atoms with van der Waals surface area (Å²) < 4.78 is 48.6. The molecule has 744 valence electrons. The molecule has 6 aliphatic heterocycles. The van der Waals surface area contributed by atoms with Crippen molar-refractivity contribution < 1.29 is 137 Å². The molecule has 2 unspecified atom stereocenters. The van der Waals surface area contributed by atoms with Crippen molar-refractivity contribution in [3.63, 3.8) is 0 Å². The van der Waals surface area contributed by atoms with Gasteiger partial charge in [-0.1, -0.05) is 132 Å². The summed E-state index contributed by atoms with van der Waals surface area (Å²) in [4.78, 5) is 138. The summed E-state index contributed by atoms with van der Waals surface area (Å²) in [7, 11) is 6.06. The first-order valence-corrected chi connectivity index (χ1v) is 47.8. The topological polar surface area (TPSA) is 453 Å². The number of hydrogen-bond acceptors (Lipinski definition) is 26. The minimum Gasteiger partial charge on any atom is -0.478 e. The van der Waals surface area contributed by atoms with Gasteiger partial charge >= 0.3 is 23.9 Å². The number of rotatable bonds is 18. The Hall–Kier alpha value is -8.44. The molecule has 0 radical (unpaired) electrons. The van der Waals surface area contributed by atoms with E-state index in [0.29, 0.717) is 113 Å². The summed E-state index contributed by atoms with van der Waals surface area (Å²) in [6.45, 7) is 25.3. The third-order valence-corrected chi connectivity index (χ3v) is 28.8. The highest BCUT2D eigenvalue weighted by Gasteiger charge is 2.59. The number of ether oxygens (including phenoxy) is 8. The number of carboxylic acids is 2. The molecule has 2 aromatic carbocycles. The summed E-state index contributed by atoms with van der Waals surface area (Å²) in [6.07, 6.45) is 12.8. The van der Waals surface area contributed by atoms with Gasteiger partial charge < -0.3 is 98.8 Å². The molecular formula is C104H150N2O28. The van der Waals surface area contributed by atoms with Gasteiger partial charge in [-0.15, -0.1) is 6.58 Å². The molecule has 4 saturated heterocycles. The lowest BCUT2D eigenvalue weighted by Gasteiger charge is -2.47. The molecule has 0 spiro atoms. The molecule has 8 aliphatic rings. The Morgan fingerprint density at radius 3 is 1.20 bits per heavy atom. The summed E-state index contributed by atoms with van der Waals surface area (Å²) in [6, 6.07) is 10.6. The Morgan fingerprint density at radius 2 is 0.851 bits per heavy atom. The maximum absolute atomic E-state index is 14.5. The molecule has 10 N–H and O–H groups in total. The van der Waals surface area contributed by atoms with E-state index in [-0.39, 0.29) is 124 Å². The van der Waals surface area contributed by atoms with E-state index in [4.69, 9.17) is 43.0 Å². The van der Waals surface area contributed by atoms with E-state index in [9.17, 15) is 93.9 Å². The lowest BCUT2D eigenvalue weighted by atomic mass is 9.78. The van der Waals surface area contributed by atoms with Crippen LogP contribution in [0.2, 0.25) is 0 Å². The fourth-order valence-corrected chi connectivity index (χ4v) is 20.7. The van der Waals surface area contributed by atoms with Gasteiger partial charge in [0.25, 0.3) is 23.4 Å². The number of cyclic esters (lactones) is 2. The number of carboxylic acid groups (broad SMARTS) is 2. The Labute approximate surface area is 789 Å². The lowest BCUT2D eigenvalue weighted by molar-refractivity contribution is -0.302. The van der Waals surface area contributed by atoms with Crippen LogP contribution in [-0.4, -0.2) is 271 Å². The Morgan fingerprint density at radius 1 is 0.485 bits per heavy atom. The SMILES string of the molecule is C=CC[C@@H]1/C=C(\C)C[C@H](C)C[C@H](OC)[C@H]2O[C@@](O)(C(=O)C(=O)N3CCCCC3C(=O)O[C@H](/C(C)=C/[C@@H]3CC[C@@H](O)[C@H](CO)C3)[C@H](C)[C@@H](O)CC1=O)[C@H](C)C[C@@H]2OC.C=Cc1ccc(C(=O)O)cc1.CO[C@H]1C[C@@H](C)C/C(C)=C/[C@@H](C/C=C/c2ccc(C(=O)O)cc2)C(=O)C[C@H](O)[C@@H](C)[C@@H](/C(C)=C/[C@@H]2CC[C@@H](O)[C@H](CO)C2)OC(=O)C2CCCCN2C(=O)C(=O)[C@]2(O)O[C@H]1[C@@H](OC)C[C@H]2C. The molecule has 6 fully saturated rings. The first-order valence-electron chi connectivity index (χ1n) is 47.8. The lowest BCUT2D eigenvalue weighted by Crippen LogP contribution is -2.64. The molecule has 2 aromatic rings. The smallest absolute Gasteiger partial charge is 0.335 e. The normalized spacial score (nSPS) is 36.4. The number of aliphatic hydroxyl groups is 8. The number of ketones is 4. The zero-order valence-corrected chi connectivity index (χ0v) is 80.8. The standard InChI is InChI=1S/C51H73NO14.C44H69NO12.C9H8O2/c1-29-21-30(2)23-43(63-6)46-44(64-7)25-32(4)51(62,66-46)47(57)48(58)52-20-9-8-13-39(52)50(61)65-45(31(3)24-35-16-19-40(54)38(26-35)28-53)33(5)41(55)27-42(56)37(22-29)12-10-11-34-14-17-36(18-15-34)49(59)60;1-9-12-31-18-25(2)17-26(3)19-37(54-7)40-38(55-8)21-28(5)44(53,57-40)41(50)42(51)45-16-11-10-13-33(45)43(52)56-39(29(6)35(48)23-36(31)49)27(4)20-30-14-15-34(47)32(22-30)24-46;1-2-7-3-5-8(6-4-7)9(10)11/h10-11,14-15,17-18,22,24,30,32-33,35,37-41,43-46,53-55,62H,8-9,12-13,16,19-21,23,25-28H2,1-7H3,(H,59,60);9,18,20,26,28-35,37-40,46-48,53H,1,10-17,19,21-24H2,2-8H3;2-6H,1H2,(H,10,11)/b11-10+,29-22+,31-24+;25-18+,27-20+;/t30-,32+,33+,35-,37+,38-,39?,40+,41-,43-,44-,45+,46+,51+;26-,28+,29+,30-,31+,32-,33?,34+,35-,37-,38-,39+,40+,44+;/m00./s1. The molecule has 4 bridgehead atoms. The number of piperidine rings is 2. The number of fused-ring (bicyclic) bond motifs is 6. The molecule has 30 nitrogen and oxygen atoms in total. The van der Waals surface area contributed by atoms with Gasteiger partial charge in [-0.3, -0.25) is 28.8 Å². The van der Waals surface area contributed by atoms with Crippen LogP contribution in [0.4, 0.5) is 0 Å². The molecule has 2 saturated carbocycles. The van der Waals surface area contributed by atoms with Crippen LogP contribution >= 0.6 is 0 Å². The van der Waals surface area contributed by atoms with Crippen LogP contribution in [0.25, 0.3) is 12.2 Å². The first kappa shape index (κ1) is 111. The van der Waals surface area contributed by atoms with Crippen LogP contribution in [0, 0.1) is 71.0 Å². The highest BCUT2D eigenvalue weighted by atomic mass is 16.7. The molecule has 28 atom stereocenters. The van der Waals surface area contributed by atoms with Crippen molar-refractivity contribution in [2.24, 2.45) is 71.0 Å². The molecule has 2 amide bonds. The van der Waals surface area contributed by atoms with Gasteiger partial charge in [-0.25, -0.2) is 19.2 Å². The number of Topliss-reactive ketones (excluding diaryl/α,β-unsaturated/α-hetero) is 4. The predicted octanol–water partition coefficient (Wildman–Crippen LogP) is 11.7. The number of carbonyl (C=O) groups is 10. The largest absolute Gasteiger partial charge is 0.478 e. The molecule has 30 heteroatoms. The second-order valence-electron chi connectivity index (χ2n) is 39.1. The number of amides is 2. The average Bonchev–Trinajstić information content (AvgIpc) is 0.790.